The number of carbonyl (C=O) groups excluding carboxylic acids is 1. The van der Waals surface area contributed by atoms with Crippen molar-refractivity contribution in [3.63, 3.8) is 0 Å². The van der Waals surface area contributed by atoms with Gasteiger partial charge in [-0.15, -0.1) is 0 Å². The summed E-state index contributed by atoms with van der Waals surface area (Å²) in [5.41, 5.74) is -0.336. The van der Waals surface area contributed by atoms with Crippen LogP contribution >= 0.6 is 0 Å². The second-order valence-electron chi connectivity index (χ2n) is 3.31. The normalized spacial score (nSPS) is 12.3. The van der Waals surface area contributed by atoms with Crippen molar-refractivity contribution >= 4 is 5.91 Å². The predicted molar refractivity (Wildman–Crippen MR) is 50.3 cm³/mol. The lowest BCUT2D eigenvalue weighted by Gasteiger charge is -2.10. The van der Waals surface area contributed by atoms with Crippen LogP contribution < -0.4 is 5.32 Å². The number of aliphatic hydroxyl groups is 1. The van der Waals surface area contributed by atoms with E-state index in [1.54, 1.807) is 0 Å². The van der Waals surface area contributed by atoms with Crippen molar-refractivity contribution in [3.05, 3.63) is 35.1 Å². The maximum absolute atomic E-state index is 12.8. The highest BCUT2D eigenvalue weighted by Crippen LogP contribution is 2.13. The molecule has 2 N–H and O–H groups in total. The summed E-state index contributed by atoms with van der Waals surface area (Å²) in [6.07, 6.45) is 0. The molecule has 1 atom stereocenters. The second kappa shape index (κ2) is 4.98. The molecule has 1 amide bonds. The molecule has 16 heavy (non-hydrogen) atoms. The fourth-order valence-electron chi connectivity index (χ4n) is 1.04. The zero-order valence-electron chi connectivity index (χ0n) is 8.43. The van der Waals surface area contributed by atoms with Crippen LogP contribution in [0.1, 0.15) is 17.3 Å². The Labute approximate surface area is 89.9 Å². The number of nitrogens with one attached hydrogen (secondary N) is 1. The van der Waals surface area contributed by atoms with Crippen LogP contribution in [0.4, 0.5) is 13.2 Å². The molecule has 0 saturated carbocycles. The molecule has 88 valence electrons. The summed E-state index contributed by atoms with van der Waals surface area (Å²) in [4.78, 5) is 11.4. The minimum absolute atomic E-state index is 0.308. The van der Waals surface area contributed by atoms with E-state index < -0.39 is 29.4 Å². The minimum atomic E-state index is -1.62. The molecule has 0 spiro atoms. The molecule has 0 aliphatic rings. The summed E-state index contributed by atoms with van der Waals surface area (Å²) in [5.74, 6) is -5.25. The first-order valence-electron chi connectivity index (χ1n) is 4.52. The van der Waals surface area contributed by atoms with Gasteiger partial charge in [-0.1, -0.05) is 0 Å². The Hall–Kier alpha value is -1.56. The van der Waals surface area contributed by atoms with Crippen LogP contribution in [0.5, 0.6) is 0 Å². The zero-order chi connectivity index (χ0) is 12.3. The highest BCUT2D eigenvalue weighted by Gasteiger charge is 2.15. The van der Waals surface area contributed by atoms with Gasteiger partial charge in [-0.3, -0.25) is 4.79 Å². The van der Waals surface area contributed by atoms with E-state index in [2.05, 4.69) is 5.32 Å². The Morgan fingerprint density at radius 2 is 1.88 bits per heavy atom. The quantitative estimate of drug-likeness (QED) is 0.771. The average molecular weight is 233 g/mol. The van der Waals surface area contributed by atoms with Crippen molar-refractivity contribution in [3.8, 4) is 0 Å². The van der Waals surface area contributed by atoms with Crippen molar-refractivity contribution in [2.45, 2.75) is 13.0 Å². The van der Waals surface area contributed by atoms with E-state index in [1.165, 1.54) is 6.92 Å². The highest BCUT2D eigenvalue weighted by atomic mass is 19.2. The topological polar surface area (TPSA) is 49.3 Å². The Bertz CT molecular complexity index is 386. The van der Waals surface area contributed by atoms with Crippen molar-refractivity contribution in [1.29, 1.82) is 0 Å². The molecule has 1 aromatic carbocycles. The minimum Gasteiger partial charge on any atom is -0.394 e. The first-order chi connectivity index (χ1) is 7.45. The molecule has 0 bridgehead atoms. The van der Waals surface area contributed by atoms with Crippen LogP contribution in [-0.4, -0.2) is 23.7 Å². The van der Waals surface area contributed by atoms with Gasteiger partial charge < -0.3 is 10.4 Å². The smallest absolute Gasteiger partial charge is 0.251 e. The number of amides is 1. The Balaban J connectivity index is 2.93. The van der Waals surface area contributed by atoms with Crippen molar-refractivity contribution in [2.24, 2.45) is 0 Å². The maximum Gasteiger partial charge on any atom is 0.251 e. The van der Waals surface area contributed by atoms with Gasteiger partial charge in [-0.05, 0) is 19.1 Å². The van der Waals surface area contributed by atoms with Gasteiger partial charge in [0.2, 0.25) is 0 Å². The Morgan fingerprint density at radius 1 is 1.38 bits per heavy atom. The van der Waals surface area contributed by atoms with Gasteiger partial charge in [0.15, 0.2) is 17.5 Å². The molecular formula is C10H10F3NO2. The predicted octanol–water partition coefficient (Wildman–Crippen LogP) is 1.21. The van der Waals surface area contributed by atoms with E-state index in [4.69, 9.17) is 5.11 Å². The van der Waals surface area contributed by atoms with Gasteiger partial charge in [0, 0.05) is 11.6 Å². The molecule has 0 aliphatic carbocycles. The van der Waals surface area contributed by atoms with Gasteiger partial charge >= 0.3 is 0 Å². The van der Waals surface area contributed by atoms with Gasteiger partial charge in [0.1, 0.15) is 0 Å². The third-order valence-electron chi connectivity index (χ3n) is 1.90. The highest BCUT2D eigenvalue weighted by molar-refractivity contribution is 5.94. The van der Waals surface area contributed by atoms with Crippen LogP contribution in [0.3, 0.4) is 0 Å². The fourth-order valence-corrected chi connectivity index (χ4v) is 1.04. The van der Waals surface area contributed by atoms with E-state index in [1.807, 2.05) is 0 Å². The number of aliphatic hydroxyl groups excluding tert-OH is 1. The number of rotatable bonds is 3. The number of hydrogen-bond donors (Lipinski definition) is 2. The van der Waals surface area contributed by atoms with E-state index in [-0.39, 0.29) is 12.2 Å². The van der Waals surface area contributed by atoms with Gasteiger partial charge in [-0.2, -0.15) is 0 Å². The van der Waals surface area contributed by atoms with Gasteiger partial charge in [0.25, 0.3) is 5.91 Å². The molecule has 0 aliphatic heterocycles. The van der Waals surface area contributed by atoms with E-state index in [0.717, 1.165) is 0 Å². The molecular weight excluding hydrogens is 223 g/mol. The zero-order valence-corrected chi connectivity index (χ0v) is 8.43. The summed E-state index contributed by atoms with van der Waals surface area (Å²) < 4.78 is 38.1. The monoisotopic (exact) mass is 233 g/mol. The number of benzene rings is 1. The molecule has 1 rings (SSSR count). The molecule has 3 nitrogen and oxygen atoms in total. The third-order valence-corrected chi connectivity index (χ3v) is 1.90. The molecule has 0 radical (unpaired) electrons. The number of carbonyl (C=O) groups is 1. The van der Waals surface area contributed by atoms with E-state index >= 15 is 0 Å². The Kier molecular flexibility index (Phi) is 3.89. The summed E-state index contributed by atoms with van der Waals surface area (Å²) in [6.45, 7) is 1.20. The number of hydrogen-bond acceptors (Lipinski definition) is 2. The van der Waals surface area contributed by atoms with Crippen LogP contribution in [-0.2, 0) is 0 Å². The van der Waals surface area contributed by atoms with E-state index in [0.29, 0.717) is 12.1 Å². The van der Waals surface area contributed by atoms with Crippen LogP contribution in [0.15, 0.2) is 12.1 Å². The third kappa shape index (κ3) is 2.73. The largest absolute Gasteiger partial charge is 0.394 e. The number of halogens is 3. The van der Waals surface area contributed by atoms with Gasteiger partial charge in [0.05, 0.1) is 6.61 Å². The molecule has 0 heterocycles. The molecule has 1 aromatic rings. The van der Waals surface area contributed by atoms with Crippen LogP contribution in [0.25, 0.3) is 0 Å². The molecule has 0 unspecified atom stereocenters. The standard InChI is InChI=1S/C10H10F3NO2/c1-5(4-15)14-10(16)6-2-7(11)9(13)8(12)3-6/h2-3,5,15H,4H2,1H3,(H,14,16)/t5-/m1/s1. The molecule has 6 heteroatoms. The molecule has 0 fully saturated rings. The van der Waals surface area contributed by atoms with Gasteiger partial charge in [-0.25, -0.2) is 13.2 Å². The first kappa shape index (κ1) is 12.5. The van der Waals surface area contributed by atoms with Crippen LogP contribution in [0.2, 0.25) is 0 Å². The van der Waals surface area contributed by atoms with Crippen molar-refractivity contribution in [2.75, 3.05) is 6.61 Å². The molecule has 0 aromatic heterocycles. The SMILES string of the molecule is C[C@H](CO)NC(=O)c1cc(F)c(F)c(F)c1. The Morgan fingerprint density at radius 3 is 2.31 bits per heavy atom. The average Bonchev–Trinajstić information content (AvgIpc) is 2.24. The summed E-state index contributed by atoms with van der Waals surface area (Å²) in [6, 6.07) is 0.638. The lowest BCUT2D eigenvalue weighted by Crippen LogP contribution is -2.35. The lowest BCUT2D eigenvalue weighted by atomic mass is 10.2. The maximum atomic E-state index is 12.8. The molecule has 0 saturated heterocycles. The first-order valence-corrected chi connectivity index (χ1v) is 4.52. The summed E-state index contributed by atoms with van der Waals surface area (Å²) >= 11 is 0. The second-order valence-corrected chi connectivity index (χ2v) is 3.31. The summed E-state index contributed by atoms with van der Waals surface area (Å²) in [5, 5.41) is 10.9. The fraction of sp³-hybridized carbons (Fsp3) is 0.300. The lowest BCUT2D eigenvalue weighted by molar-refractivity contribution is 0.0921. The van der Waals surface area contributed by atoms with Crippen molar-refractivity contribution < 1.29 is 23.1 Å². The van der Waals surface area contributed by atoms with Crippen molar-refractivity contribution in [1.82, 2.24) is 5.32 Å². The van der Waals surface area contributed by atoms with Crippen LogP contribution in [0, 0.1) is 17.5 Å². The van der Waals surface area contributed by atoms with E-state index in [9.17, 15) is 18.0 Å². The summed E-state index contributed by atoms with van der Waals surface area (Å²) in [7, 11) is 0.